The van der Waals surface area contributed by atoms with Crippen molar-refractivity contribution in [3.05, 3.63) is 24.3 Å². The molecule has 18 heavy (non-hydrogen) atoms. The molecule has 1 aliphatic rings. The highest BCUT2D eigenvalue weighted by molar-refractivity contribution is 5.31. The fourth-order valence-electron chi connectivity index (χ4n) is 2.13. The van der Waals surface area contributed by atoms with E-state index >= 15 is 0 Å². The van der Waals surface area contributed by atoms with Crippen LogP contribution in [0.1, 0.15) is 13.3 Å². The number of aliphatic hydroxyl groups is 1. The van der Waals surface area contributed by atoms with E-state index in [1.165, 1.54) is 0 Å². The highest BCUT2D eigenvalue weighted by atomic mass is 16.5. The number of hydrogen-bond donors (Lipinski definition) is 1. The van der Waals surface area contributed by atoms with Crippen LogP contribution in [0.4, 0.5) is 0 Å². The van der Waals surface area contributed by atoms with Crippen LogP contribution in [-0.4, -0.2) is 49.0 Å². The predicted molar refractivity (Wildman–Crippen MR) is 70.2 cm³/mol. The van der Waals surface area contributed by atoms with E-state index in [0.29, 0.717) is 6.61 Å². The lowest BCUT2D eigenvalue weighted by molar-refractivity contribution is -0.102. The van der Waals surface area contributed by atoms with Crippen LogP contribution in [0.15, 0.2) is 24.3 Å². The Kier molecular flexibility index (Phi) is 4.09. The van der Waals surface area contributed by atoms with Gasteiger partial charge in [0.25, 0.3) is 0 Å². The quantitative estimate of drug-likeness (QED) is 0.832. The molecule has 1 fully saturated rings. The van der Waals surface area contributed by atoms with Crippen LogP contribution in [0.3, 0.4) is 0 Å². The first-order chi connectivity index (χ1) is 8.65. The van der Waals surface area contributed by atoms with Crippen LogP contribution >= 0.6 is 0 Å². The molecule has 0 spiro atoms. The lowest BCUT2D eigenvalue weighted by Gasteiger charge is -2.46. The molecule has 100 valence electrons. The van der Waals surface area contributed by atoms with E-state index in [2.05, 4.69) is 4.90 Å². The zero-order chi connectivity index (χ0) is 13.0. The summed E-state index contributed by atoms with van der Waals surface area (Å²) in [6.07, 6.45) is 0.822. The van der Waals surface area contributed by atoms with Crippen molar-refractivity contribution in [1.82, 2.24) is 4.90 Å². The van der Waals surface area contributed by atoms with E-state index in [4.69, 9.17) is 9.47 Å². The molecule has 1 heterocycles. The minimum Gasteiger partial charge on any atom is -0.497 e. The number of ether oxygens (including phenoxy) is 2. The standard InChI is InChI=1S/C14H21NO3/c1-3-14(16)10-15(11-14)8-9-18-13-6-4-12(17-2)5-7-13/h4-7,16H,3,8-11H2,1-2H3. The van der Waals surface area contributed by atoms with Crippen molar-refractivity contribution >= 4 is 0 Å². The molecular weight excluding hydrogens is 230 g/mol. The summed E-state index contributed by atoms with van der Waals surface area (Å²) in [4.78, 5) is 2.20. The smallest absolute Gasteiger partial charge is 0.119 e. The molecule has 1 aromatic rings. The number of benzene rings is 1. The van der Waals surface area contributed by atoms with E-state index in [9.17, 15) is 5.11 Å². The molecule has 0 saturated carbocycles. The minimum atomic E-state index is -0.458. The number of rotatable bonds is 6. The third-order valence-corrected chi connectivity index (χ3v) is 3.43. The van der Waals surface area contributed by atoms with Crippen LogP contribution in [0.5, 0.6) is 11.5 Å². The van der Waals surface area contributed by atoms with Crippen molar-refractivity contribution in [2.45, 2.75) is 18.9 Å². The molecule has 0 aliphatic carbocycles. The second kappa shape index (κ2) is 5.59. The van der Waals surface area contributed by atoms with Gasteiger partial charge in [0.2, 0.25) is 0 Å². The van der Waals surface area contributed by atoms with E-state index in [0.717, 1.165) is 37.6 Å². The van der Waals surface area contributed by atoms with Gasteiger partial charge in [-0.2, -0.15) is 0 Å². The maximum Gasteiger partial charge on any atom is 0.119 e. The van der Waals surface area contributed by atoms with E-state index < -0.39 is 5.60 Å². The summed E-state index contributed by atoms with van der Waals surface area (Å²) in [5.41, 5.74) is -0.458. The molecule has 1 N–H and O–H groups in total. The van der Waals surface area contributed by atoms with E-state index in [1.807, 2.05) is 31.2 Å². The first-order valence-electron chi connectivity index (χ1n) is 6.37. The summed E-state index contributed by atoms with van der Waals surface area (Å²) < 4.78 is 10.7. The Labute approximate surface area is 108 Å². The van der Waals surface area contributed by atoms with Gasteiger partial charge in [-0.15, -0.1) is 0 Å². The maximum atomic E-state index is 9.87. The largest absolute Gasteiger partial charge is 0.497 e. The second-order valence-corrected chi connectivity index (χ2v) is 4.81. The number of β-amino-alcohol motifs (C(OH)–C–C–N with tert-alkyl or cyclic N) is 1. The molecule has 4 nitrogen and oxygen atoms in total. The lowest BCUT2D eigenvalue weighted by Crippen LogP contribution is -2.61. The van der Waals surface area contributed by atoms with Gasteiger partial charge in [0.05, 0.1) is 12.7 Å². The molecular formula is C14H21NO3. The molecule has 0 radical (unpaired) electrons. The van der Waals surface area contributed by atoms with E-state index in [1.54, 1.807) is 7.11 Å². The SMILES string of the molecule is CCC1(O)CN(CCOc2ccc(OC)cc2)C1. The van der Waals surface area contributed by atoms with Crippen molar-refractivity contribution in [3.63, 3.8) is 0 Å². The third-order valence-electron chi connectivity index (χ3n) is 3.43. The Bertz CT molecular complexity index is 371. The minimum absolute atomic E-state index is 0.458. The number of hydrogen-bond acceptors (Lipinski definition) is 4. The zero-order valence-corrected chi connectivity index (χ0v) is 11.1. The van der Waals surface area contributed by atoms with Gasteiger partial charge < -0.3 is 14.6 Å². The number of likely N-dealkylation sites (tertiary alicyclic amines) is 1. The van der Waals surface area contributed by atoms with Gasteiger partial charge in [-0.05, 0) is 30.7 Å². The fourth-order valence-corrected chi connectivity index (χ4v) is 2.13. The highest BCUT2D eigenvalue weighted by Gasteiger charge is 2.38. The van der Waals surface area contributed by atoms with Crippen molar-refractivity contribution in [1.29, 1.82) is 0 Å². The number of methoxy groups -OCH3 is 1. The van der Waals surface area contributed by atoms with Gasteiger partial charge >= 0.3 is 0 Å². The Morgan fingerprint density at radius 3 is 2.39 bits per heavy atom. The van der Waals surface area contributed by atoms with Crippen molar-refractivity contribution in [2.75, 3.05) is 33.4 Å². The molecule has 1 aromatic carbocycles. The van der Waals surface area contributed by atoms with Crippen LogP contribution in [0.25, 0.3) is 0 Å². The average Bonchev–Trinajstić information content (AvgIpc) is 2.37. The molecule has 4 heteroatoms. The Balaban J connectivity index is 1.67. The lowest BCUT2D eigenvalue weighted by atomic mass is 9.91. The average molecular weight is 251 g/mol. The van der Waals surface area contributed by atoms with Gasteiger partial charge in [-0.25, -0.2) is 0 Å². The summed E-state index contributed by atoms with van der Waals surface area (Å²) in [6.45, 7) is 5.04. The molecule has 0 unspecified atom stereocenters. The Hall–Kier alpha value is -1.26. The summed E-state index contributed by atoms with van der Waals surface area (Å²) in [5.74, 6) is 1.68. The molecule has 1 saturated heterocycles. The molecule has 0 bridgehead atoms. The van der Waals surface area contributed by atoms with Gasteiger partial charge in [-0.3, -0.25) is 4.90 Å². The second-order valence-electron chi connectivity index (χ2n) is 4.81. The van der Waals surface area contributed by atoms with Gasteiger partial charge in [0.15, 0.2) is 0 Å². The predicted octanol–water partition coefficient (Wildman–Crippen LogP) is 1.53. The normalized spacial score (nSPS) is 18.2. The van der Waals surface area contributed by atoms with Crippen LogP contribution in [0.2, 0.25) is 0 Å². The van der Waals surface area contributed by atoms with Crippen LogP contribution in [0, 0.1) is 0 Å². The maximum absolute atomic E-state index is 9.87. The van der Waals surface area contributed by atoms with E-state index in [-0.39, 0.29) is 0 Å². The summed E-state index contributed by atoms with van der Waals surface area (Å²) in [5, 5.41) is 9.87. The van der Waals surface area contributed by atoms with Crippen molar-refractivity contribution in [2.24, 2.45) is 0 Å². The van der Waals surface area contributed by atoms with Crippen LogP contribution < -0.4 is 9.47 Å². The first kappa shape index (κ1) is 13.2. The van der Waals surface area contributed by atoms with Crippen LogP contribution in [-0.2, 0) is 0 Å². The topological polar surface area (TPSA) is 41.9 Å². The summed E-state index contributed by atoms with van der Waals surface area (Å²) in [6, 6.07) is 7.57. The van der Waals surface area contributed by atoms with Crippen molar-refractivity contribution in [3.8, 4) is 11.5 Å². The van der Waals surface area contributed by atoms with Crippen molar-refractivity contribution < 1.29 is 14.6 Å². The third kappa shape index (κ3) is 3.15. The molecule has 1 aliphatic heterocycles. The van der Waals surface area contributed by atoms with Gasteiger partial charge in [0.1, 0.15) is 18.1 Å². The summed E-state index contributed by atoms with van der Waals surface area (Å²) >= 11 is 0. The molecule has 0 amide bonds. The summed E-state index contributed by atoms with van der Waals surface area (Å²) in [7, 11) is 1.65. The zero-order valence-electron chi connectivity index (χ0n) is 11.1. The first-order valence-corrected chi connectivity index (χ1v) is 6.37. The van der Waals surface area contributed by atoms with Gasteiger partial charge in [-0.1, -0.05) is 6.92 Å². The molecule has 0 atom stereocenters. The molecule has 2 rings (SSSR count). The van der Waals surface area contributed by atoms with Gasteiger partial charge in [0, 0.05) is 19.6 Å². The number of nitrogens with zero attached hydrogens (tertiary/aromatic N) is 1. The monoisotopic (exact) mass is 251 g/mol. The highest BCUT2D eigenvalue weighted by Crippen LogP contribution is 2.23. The molecule has 0 aromatic heterocycles. The Morgan fingerprint density at radius 1 is 1.22 bits per heavy atom. The fraction of sp³-hybridized carbons (Fsp3) is 0.571. The Morgan fingerprint density at radius 2 is 1.83 bits per heavy atom.